The van der Waals surface area contributed by atoms with Crippen LogP contribution in [0.15, 0.2) is 24.4 Å². The predicted molar refractivity (Wildman–Crippen MR) is 75.9 cm³/mol. The molecule has 0 aliphatic rings. The largest absolute Gasteiger partial charge is 0.491 e. The van der Waals surface area contributed by atoms with Gasteiger partial charge in [-0.1, -0.05) is 17.3 Å². The number of hydrogen-bond donors (Lipinski definition) is 0. The molecule has 0 unspecified atom stereocenters. The average molecular weight is 280 g/mol. The van der Waals surface area contributed by atoms with Crippen molar-refractivity contribution in [3.05, 3.63) is 41.2 Å². The van der Waals surface area contributed by atoms with Crippen molar-refractivity contribution >= 4 is 11.6 Å². The van der Waals surface area contributed by atoms with Crippen LogP contribution in [0.1, 0.15) is 16.8 Å². The zero-order valence-electron chi connectivity index (χ0n) is 11.3. The van der Waals surface area contributed by atoms with Gasteiger partial charge in [0.2, 0.25) is 0 Å². The molecule has 0 amide bonds. The van der Waals surface area contributed by atoms with Crippen molar-refractivity contribution in [3.8, 4) is 5.75 Å². The summed E-state index contributed by atoms with van der Waals surface area (Å²) in [4.78, 5) is 0. The van der Waals surface area contributed by atoms with Crippen LogP contribution in [0.4, 0.5) is 0 Å². The lowest BCUT2D eigenvalue weighted by Gasteiger charge is -2.09. The van der Waals surface area contributed by atoms with Crippen LogP contribution < -0.4 is 4.74 Å². The minimum absolute atomic E-state index is 0.567. The topological polar surface area (TPSA) is 39.9 Å². The molecule has 0 bridgehead atoms. The lowest BCUT2D eigenvalue weighted by molar-refractivity contribution is 0.288. The molecule has 19 heavy (non-hydrogen) atoms. The zero-order chi connectivity index (χ0) is 13.7. The fraction of sp³-hybridized carbons (Fsp3) is 0.429. The van der Waals surface area contributed by atoms with Gasteiger partial charge in [0.15, 0.2) is 0 Å². The van der Waals surface area contributed by atoms with E-state index in [1.54, 1.807) is 4.68 Å². The Kier molecular flexibility index (Phi) is 4.80. The molecular formula is C14H18ClN3O. The molecule has 2 rings (SSSR count). The highest BCUT2D eigenvalue weighted by Gasteiger charge is 2.02. The van der Waals surface area contributed by atoms with Gasteiger partial charge >= 0.3 is 0 Å². The Labute approximate surface area is 118 Å². The first-order valence-electron chi connectivity index (χ1n) is 6.34. The van der Waals surface area contributed by atoms with E-state index in [-0.39, 0.29) is 0 Å². The zero-order valence-corrected chi connectivity index (χ0v) is 12.0. The van der Waals surface area contributed by atoms with Gasteiger partial charge in [0.1, 0.15) is 12.4 Å². The van der Waals surface area contributed by atoms with Crippen LogP contribution in [0, 0.1) is 13.8 Å². The van der Waals surface area contributed by atoms with E-state index in [4.69, 9.17) is 16.3 Å². The molecule has 0 N–H and O–H groups in total. The summed E-state index contributed by atoms with van der Waals surface area (Å²) in [5.74, 6) is 1.50. The second-order valence-corrected chi connectivity index (χ2v) is 4.91. The van der Waals surface area contributed by atoms with E-state index in [1.165, 1.54) is 5.56 Å². The molecule has 1 heterocycles. The number of benzene rings is 1. The first-order chi connectivity index (χ1) is 9.19. The summed E-state index contributed by atoms with van der Waals surface area (Å²) in [5.41, 5.74) is 3.26. The highest BCUT2D eigenvalue weighted by Crippen LogP contribution is 2.18. The van der Waals surface area contributed by atoms with Crippen molar-refractivity contribution in [1.82, 2.24) is 15.0 Å². The average Bonchev–Trinajstić information content (AvgIpc) is 2.82. The van der Waals surface area contributed by atoms with Crippen molar-refractivity contribution in [2.75, 3.05) is 12.5 Å². The van der Waals surface area contributed by atoms with Gasteiger partial charge < -0.3 is 4.74 Å². The van der Waals surface area contributed by atoms with E-state index in [0.29, 0.717) is 19.0 Å². The SMILES string of the molecule is Cc1ccc(C)c(OCCn2cc(CCCl)nn2)c1. The van der Waals surface area contributed by atoms with E-state index in [1.807, 2.05) is 13.1 Å². The van der Waals surface area contributed by atoms with Crippen molar-refractivity contribution in [2.24, 2.45) is 0 Å². The van der Waals surface area contributed by atoms with Crippen molar-refractivity contribution in [3.63, 3.8) is 0 Å². The first-order valence-corrected chi connectivity index (χ1v) is 6.87. The molecule has 1 aromatic carbocycles. The number of aromatic nitrogens is 3. The molecule has 0 saturated carbocycles. The minimum atomic E-state index is 0.567. The van der Waals surface area contributed by atoms with E-state index in [0.717, 1.165) is 23.4 Å². The molecule has 1 aromatic heterocycles. The standard InChI is InChI=1S/C14H18ClN3O/c1-11-3-4-12(2)14(9-11)19-8-7-18-10-13(5-6-15)16-17-18/h3-4,9-10H,5-8H2,1-2H3. The van der Waals surface area contributed by atoms with Crippen LogP contribution in [0.2, 0.25) is 0 Å². The van der Waals surface area contributed by atoms with E-state index in [2.05, 4.69) is 35.4 Å². The number of alkyl halides is 1. The fourth-order valence-electron chi connectivity index (χ4n) is 1.77. The Bertz CT molecular complexity index is 539. The maximum Gasteiger partial charge on any atom is 0.122 e. The number of rotatable bonds is 6. The molecule has 5 heteroatoms. The van der Waals surface area contributed by atoms with Crippen molar-refractivity contribution in [2.45, 2.75) is 26.8 Å². The van der Waals surface area contributed by atoms with Gasteiger partial charge in [-0.2, -0.15) is 0 Å². The molecule has 0 atom stereocenters. The van der Waals surface area contributed by atoms with Gasteiger partial charge in [0, 0.05) is 18.5 Å². The number of hydrogen-bond acceptors (Lipinski definition) is 3. The van der Waals surface area contributed by atoms with Gasteiger partial charge in [-0.25, -0.2) is 4.68 Å². The van der Waals surface area contributed by atoms with Gasteiger partial charge in [0.25, 0.3) is 0 Å². The van der Waals surface area contributed by atoms with E-state index in [9.17, 15) is 0 Å². The molecule has 4 nitrogen and oxygen atoms in total. The summed E-state index contributed by atoms with van der Waals surface area (Å²) < 4.78 is 7.56. The maximum atomic E-state index is 5.78. The van der Waals surface area contributed by atoms with Crippen LogP contribution in [-0.2, 0) is 13.0 Å². The molecule has 0 aliphatic heterocycles. The summed E-state index contributed by atoms with van der Waals surface area (Å²) in [5, 5.41) is 8.07. The van der Waals surface area contributed by atoms with Gasteiger partial charge in [-0.15, -0.1) is 16.7 Å². The third kappa shape index (κ3) is 3.96. The molecule has 2 aromatic rings. The van der Waals surface area contributed by atoms with E-state index >= 15 is 0 Å². The highest BCUT2D eigenvalue weighted by atomic mass is 35.5. The summed E-state index contributed by atoms with van der Waals surface area (Å²) in [6, 6.07) is 6.20. The first kappa shape index (κ1) is 13.9. The quantitative estimate of drug-likeness (QED) is 0.764. The molecule has 0 aliphatic carbocycles. The molecule has 0 radical (unpaired) electrons. The Balaban J connectivity index is 1.87. The Morgan fingerprint density at radius 1 is 1.32 bits per heavy atom. The van der Waals surface area contributed by atoms with Crippen LogP contribution in [0.5, 0.6) is 5.75 Å². The number of aryl methyl sites for hydroxylation is 3. The smallest absolute Gasteiger partial charge is 0.122 e. The predicted octanol–water partition coefficient (Wildman–Crippen LogP) is 2.76. The van der Waals surface area contributed by atoms with E-state index < -0.39 is 0 Å². The van der Waals surface area contributed by atoms with Crippen molar-refractivity contribution < 1.29 is 4.74 Å². The summed E-state index contributed by atoms with van der Waals surface area (Å²) in [6.45, 7) is 5.36. The van der Waals surface area contributed by atoms with Gasteiger partial charge in [0.05, 0.1) is 12.2 Å². The van der Waals surface area contributed by atoms with Crippen LogP contribution in [0.25, 0.3) is 0 Å². The molecule has 0 fully saturated rings. The lowest BCUT2D eigenvalue weighted by atomic mass is 10.1. The third-order valence-corrected chi connectivity index (χ3v) is 3.05. The van der Waals surface area contributed by atoms with Crippen LogP contribution in [-0.4, -0.2) is 27.5 Å². The summed E-state index contributed by atoms with van der Waals surface area (Å²) in [7, 11) is 0. The van der Waals surface area contributed by atoms with Gasteiger partial charge in [-0.3, -0.25) is 0 Å². The number of nitrogens with zero attached hydrogens (tertiary/aromatic N) is 3. The Morgan fingerprint density at radius 2 is 2.16 bits per heavy atom. The number of ether oxygens (including phenoxy) is 1. The summed E-state index contributed by atoms with van der Waals surface area (Å²) >= 11 is 5.66. The third-order valence-electron chi connectivity index (χ3n) is 2.86. The second-order valence-electron chi connectivity index (χ2n) is 4.53. The Morgan fingerprint density at radius 3 is 2.95 bits per heavy atom. The Hall–Kier alpha value is -1.55. The molecule has 0 saturated heterocycles. The molecular weight excluding hydrogens is 262 g/mol. The molecule has 0 spiro atoms. The van der Waals surface area contributed by atoms with Crippen LogP contribution >= 0.6 is 11.6 Å². The number of halogens is 1. The second kappa shape index (κ2) is 6.57. The monoisotopic (exact) mass is 279 g/mol. The summed E-state index contributed by atoms with van der Waals surface area (Å²) in [6.07, 6.45) is 2.66. The normalized spacial score (nSPS) is 10.7. The highest BCUT2D eigenvalue weighted by molar-refractivity contribution is 6.17. The minimum Gasteiger partial charge on any atom is -0.491 e. The van der Waals surface area contributed by atoms with Gasteiger partial charge in [-0.05, 0) is 31.0 Å². The molecule has 102 valence electrons. The van der Waals surface area contributed by atoms with Crippen molar-refractivity contribution in [1.29, 1.82) is 0 Å². The van der Waals surface area contributed by atoms with Crippen LogP contribution in [0.3, 0.4) is 0 Å². The maximum absolute atomic E-state index is 5.78. The fourth-order valence-corrected chi connectivity index (χ4v) is 1.96. The lowest BCUT2D eigenvalue weighted by Crippen LogP contribution is -2.09.